The molecular formula is C13H9N2. The van der Waals surface area contributed by atoms with Crippen LogP contribution >= 0.6 is 0 Å². The minimum absolute atomic E-state index is 0.858. The topological polar surface area (TPSA) is 17.3 Å². The van der Waals surface area contributed by atoms with E-state index in [0.717, 1.165) is 11.2 Å². The van der Waals surface area contributed by atoms with Crippen LogP contribution in [0.3, 0.4) is 0 Å². The van der Waals surface area contributed by atoms with Crippen molar-refractivity contribution < 1.29 is 0 Å². The summed E-state index contributed by atoms with van der Waals surface area (Å²) in [6.45, 7) is 0. The molecule has 2 heterocycles. The highest BCUT2D eigenvalue weighted by molar-refractivity contribution is 5.66. The largest absolute Gasteiger partial charge is 0.307 e. The number of aromatic nitrogens is 2. The maximum absolute atomic E-state index is 4.21. The Kier molecular flexibility index (Phi) is 1.78. The van der Waals surface area contributed by atoms with E-state index in [-0.39, 0.29) is 0 Å². The molecule has 3 rings (SSSR count). The van der Waals surface area contributed by atoms with Gasteiger partial charge in [-0.1, -0.05) is 30.3 Å². The van der Waals surface area contributed by atoms with Gasteiger partial charge in [0.05, 0.1) is 0 Å². The number of benzene rings is 1. The molecule has 1 aromatic carbocycles. The number of rotatable bonds is 1. The van der Waals surface area contributed by atoms with E-state index in [0.29, 0.717) is 0 Å². The van der Waals surface area contributed by atoms with Crippen LogP contribution in [0.15, 0.2) is 55.0 Å². The SMILES string of the molecule is [c]1c(-c2ccccc2)ccn2ccnc12. The summed E-state index contributed by atoms with van der Waals surface area (Å²) in [5.74, 6) is 0. The van der Waals surface area contributed by atoms with Crippen molar-refractivity contribution in [2.24, 2.45) is 0 Å². The fraction of sp³-hybridized carbons (Fsp3) is 0. The molecule has 3 aromatic rings. The Balaban J connectivity index is 2.19. The molecule has 71 valence electrons. The van der Waals surface area contributed by atoms with Crippen molar-refractivity contribution >= 4 is 5.65 Å². The summed E-state index contributed by atoms with van der Waals surface area (Å²) in [7, 11) is 0. The molecule has 0 atom stereocenters. The molecule has 15 heavy (non-hydrogen) atoms. The predicted octanol–water partition coefficient (Wildman–Crippen LogP) is 2.80. The summed E-state index contributed by atoms with van der Waals surface area (Å²) in [4.78, 5) is 4.21. The van der Waals surface area contributed by atoms with Gasteiger partial charge in [-0.05, 0) is 17.2 Å². The van der Waals surface area contributed by atoms with Crippen LogP contribution in [0.5, 0.6) is 0 Å². The normalized spacial score (nSPS) is 10.7. The van der Waals surface area contributed by atoms with Crippen LogP contribution < -0.4 is 0 Å². The second kappa shape index (κ2) is 3.24. The van der Waals surface area contributed by atoms with Crippen molar-refractivity contribution in [3.8, 4) is 11.1 Å². The van der Waals surface area contributed by atoms with E-state index < -0.39 is 0 Å². The highest BCUT2D eigenvalue weighted by atomic mass is 15.0. The maximum atomic E-state index is 4.21. The fourth-order valence-electron chi connectivity index (χ4n) is 1.63. The predicted molar refractivity (Wildman–Crippen MR) is 59.5 cm³/mol. The van der Waals surface area contributed by atoms with Gasteiger partial charge in [0.25, 0.3) is 0 Å². The number of hydrogen-bond donors (Lipinski definition) is 0. The molecule has 0 fully saturated rings. The summed E-state index contributed by atoms with van der Waals surface area (Å²) in [6, 6.07) is 15.5. The summed E-state index contributed by atoms with van der Waals surface area (Å²) in [6.07, 6.45) is 5.70. The number of nitrogens with zero attached hydrogens (tertiary/aromatic N) is 2. The Bertz CT molecular complexity index is 582. The zero-order valence-electron chi connectivity index (χ0n) is 8.09. The van der Waals surface area contributed by atoms with Crippen molar-refractivity contribution in [2.75, 3.05) is 0 Å². The van der Waals surface area contributed by atoms with Crippen LogP contribution in [-0.4, -0.2) is 9.38 Å². The maximum Gasteiger partial charge on any atom is 0.145 e. The molecule has 0 aliphatic heterocycles. The average molecular weight is 193 g/mol. The molecule has 2 nitrogen and oxygen atoms in total. The summed E-state index contributed by atoms with van der Waals surface area (Å²) < 4.78 is 1.95. The zero-order valence-corrected chi connectivity index (χ0v) is 8.09. The lowest BCUT2D eigenvalue weighted by Gasteiger charge is -2.00. The monoisotopic (exact) mass is 193 g/mol. The van der Waals surface area contributed by atoms with Crippen LogP contribution in [0, 0.1) is 6.07 Å². The molecule has 0 N–H and O–H groups in total. The quantitative estimate of drug-likeness (QED) is 0.581. The Morgan fingerprint density at radius 1 is 1.00 bits per heavy atom. The van der Waals surface area contributed by atoms with Crippen LogP contribution in [0.2, 0.25) is 0 Å². The van der Waals surface area contributed by atoms with Crippen LogP contribution in [0.1, 0.15) is 0 Å². The van der Waals surface area contributed by atoms with Gasteiger partial charge in [0.15, 0.2) is 0 Å². The number of hydrogen-bond acceptors (Lipinski definition) is 1. The lowest BCUT2D eigenvalue weighted by molar-refractivity contribution is 1.18. The lowest BCUT2D eigenvalue weighted by atomic mass is 10.1. The average Bonchev–Trinajstić information content (AvgIpc) is 2.77. The molecule has 2 heteroatoms. The first-order chi connectivity index (χ1) is 7.43. The summed E-state index contributed by atoms with van der Waals surface area (Å²) >= 11 is 0. The van der Waals surface area contributed by atoms with Crippen LogP contribution in [0.4, 0.5) is 0 Å². The summed E-state index contributed by atoms with van der Waals surface area (Å²) in [5.41, 5.74) is 3.11. The smallest absolute Gasteiger partial charge is 0.145 e. The second-order valence-corrected chi connectivity index (χ2v) is 3.38. The van der Waals surface area contributed by atoms with Crippen molar-refractivity contribution in [3.05, 3.63) is 61.1 Å². The molecule has 0 saturated carbocycles. The minimum Gasteiger partial charge on any atom is -0.307 e. The highest BCUT2D eigenvalue weighted by Crippen LogP contribution is 2.18. The van der Waals surface area contributed by atoms with E-state index in [9.17, 15) is 0 Å². The van der Waals surface area contributed by atoms with E-state index in [4.69, 9.17) is 0 Å². The van der Waals surface area contributed by atoms with Gasteiger partial charge in [0.1, 0.15) is 5.65 Å². The van der Waals surface area contributed by atoms with Crippen molar-refractivity contribution in [2.45, 2.75) is 0 Å². The third-order valence-electron chi connectivity index (χ3n) is 2.40. The van der Waals surface area contributed by atoms with Crippen molar-refractivity contribution in [3.63, 3.8) is 0 Å². The van der Waals surface area contributed by atoms with Gasteiger partial charge < -0.3 is 4.40 Å². The molecule has 2 aromatic heterocycles. The molecule has 0 bridgehead atoms. The van der Waals surface area contributed by atoms with Gasteiger partial charge in [0, 0.05) is 24.7 Å². The Morgan fingerprint density at radius 2 is 1.87 bits per heavy atom. The molecule has 0 unspecified atom stereocenters. The van der Waals surface area contributed by atoms with Gasteiger partial charge in [-0.3, -0.25) is 0 Å². The molecule has 0 saturated heterocycles. The first-order valence-corrected chi connectivity index (χ1v) is 4.84. The van der Waals surface area contributed by atoms with Crippen molar-refractivity contribution in [1.82, 2.24) is 9.38 Å². The number of pyridine rings is 1. The van der Waals surface area contributed by atoms with E-state index >= 15 is 0 Å². The van der Waals surface area contributed by atoms with Crippen LogP contribution in [-0.2, 0) is 0 Å². The number of imidazole rings is 1. The van der Waals surface area contributed by atoms with E-state index in [1.807, 2.05) is 41.1 Å². The molecule has 0 aliphatic rings. The van der Waals surface area contributed by atoms with Gasteiger partial charge in [-0.25, -0.2) is 4.98 Å². The van der Waals surface area contributed by atoms with Gasteiger partial charge >= 0.3 is 0 Å². The fourth-order valence-corrected chi connectivity index (χ4v) is 1.63. The summed E-state index contributed by atoms with van der Waals surface area (Å²) in [5, 5.41) is 0. The molecule has 0 spiro atoms. The van der Waals surface area contributed by atoms with E-state index in [1.165, 1.54) is 5.56 Å². The van der Waals surface area contributed by atoms with Gasteiger partial charge in [-0.2, -0.15) is 0 Å². The van der Waals surface area contributed by atoms with Gasteiger partial charge in [-0.15, -0.1) is 0 Å². The van der Waals surface area contributed by atoms with E-state index in [2.05, 4.69) is 23.2 Å². The Morgan fingerprint density at radius 3 is 2.73 bits per heavy atom. The number of fused-ring (bicyclic) bond motifs is 1. The molecule has 1 radical (unpaired) electrons. The molecular weight excluding hydrogens is 184 g/mol. The van der Waals surface area contributed by atoms with Gasteiger partial charge in [0.2, 0.25) is 0 Å². The first-order valence-electron chi connectivity index (χ1n) is 4.84. The third kappa shape index (κ3) is 1.40. The second-order valence-electron chi connectivity index (χ2n) is 3.38. The highest BCUT2D eigenvalue weighted by Gasteiger charge is 1.99. The Hall–Kier alpha value is -2.09. The first kappa shape index (κ1) is 8.24. The Labute approximate surface area is 87.8 Å². The third-order valence-corrected chi connectivity index (χ3v) is 2.40. The van der Waals surface area contributed by atoms with Crippen LogP contribution in [0.25, 0.3) is 16.8 Å². The van der Waals surface area contributed by atoms with E-state index in [1.54, 1.807) is 6.20 Å². The molecule has 0 amide bonds. The standard InChI is InChI=1S/C13H9N2/c1-2-4-11(5-3-1)12-6-8-15-9-7-14-13(15)10-12/h1-9H. The molecule has 0 aliphatic carbocycles. The zero-order chi connectivity index (χ0) is 10.1. The van der Waals surface area contributed by atoms with Crippen molar-refractivity contribution in [1.29, 1.82) is 0 Å². The minimum atomic E-state index is 0.858. The lowest BCUT2D eigenvalue weighted by Crippen LogP contribution is -1.84.